The van der Waals surface area contributed by atoms with E-state index in [1.165, 1.54) is 9.58 Å². The van der Waals surface area contributed by atoms with E-state index in [2.05, 4.69) is 20.6 Å². The number of hydrogen-bond donors (Lipinski definition) is 1. The third-order valence-corrected chi connectivity index (χ3v) is 5.40. The standard InChI is InChI=1S/C25H26N6O3/c1-18-9-11-19(12-10-18)24(25(33)27-14-15-34-2)31(20-6-5-13-26-16-20)23(32)17-30-22-8-4-3-7-21(22)28-29-30/h3-13,16,24H,14-15,17H2,1-2H3,(H,27,33). The van der Waals surface area contributed by atoms with Crippen LogP contribution in [-0.4, -0.2) is 52.1 Å². The number of benzene rings is 2. The van der Waals surface area contributed by atoms with Crippen LogP contribution in [0.1, 0.15) is 17.2 Å². The van der Waals surface area contributed by atoms with Crippen molar-refractivity contribution in [3.8, 4) is 0 Å². The van der Waals surface area contributed by atoms with Crippen LogP contribution >= 0.6 is 0 Å². The van der Waals surface area contributed by atoms with Crippen molar-refractivity contribution in [2.75, 3.05) is 25.2 Å². The molecule has 4 rings (SSSR count). The number of carbonyl (C=O) groups is 2. The number of nitrogens with one attached hydrogen (secondary N) is 1. The van der Waals surface area contributed by atoms with Gasteiger partial charge in [-0.2, -0.15) is 0 Å². The molecule has 0 bridgehead atoms. The molecule has 9 nitrogen and oxygen atoms in total. The number of aryl methyl sites for hydroxylation is 1. The predicted octanol–water partition coefficient (Wildman–Crippen LogP) is 2.67. The highest BCUT2D eigenvalue weighted by Gasteiger charge is 2.33. The smallest absolute Gasteiger partial charge is 0.249 e. The summed E-state index contributed by atoms with van der Waals surface area (Å²) in [5.41, 5.74) is 3.66. The SMILES string of the molecule is COCCNC(=O)C(c1ccc(C)cc1)N(C(=O)Cn1nnc2ccccc21)c1cccnc1. The van der Waals surface area contributed by atoms with Crippen molar-refractivity contribution in [3.05, 3.63) is 84.2 Å². The molecule has 1 unspecified atom stereocenters. The predicted molar refractivity (Wildman–Crippen MR) is 128 cm³/mol. The van der Waals surface area contributed by atoms with Crippen LogP contribution in [0.5, 0.6) is 0 Å². The highest BCUT2D eigenvalue weighted by Crippen LogP contribution is 2.28. The van der Waals surface area contributed by atoms with Crippen LogP contribution in [0.3, 0.4) is 0 Å². The van der Waals surface area contributed by atoms with Gasteiger partial charge in [-0.25, -0.2) is 4.68 Å². The first-order valence-corrected chi connectivity index (χ1v) is 10.9. The number of aromatic nitrogens is 4. The van der Waals surface area contributed by atoms with Crippen LogP contribution in [0.25, 0.3) is 11.0 Å². The Morgan fingerprint density at radius 3 is 2.62 bits per heavy atom. The normalized spacial score (nSPS) is 11.8. The number of anilines is 1. The molecule has 0 saturated heterocycles. The highest BCUT2D eigenvalue weighted by atomic mass is 16.5. The largest absolute Gasteiger partial charge is 0.383 e. The maximum Gasteiger partial charge on any atom is 0.249 e. The van der Waals surface area contributed by atoms with Gasteiger partial charge in [0.15, 0.2) is 0 Å². The zero-order chi connectivity index (χ0) is 23.9. The summed E-state index contributed by atoms with van der Waals surface area (Å²) >= 11 is 0. The zero-order valence-corrected chi connectivity index (χ0v) is 19.1. The van der Waals surface area contributed by atoms with E-state index < -0.39 is 6.04 Å². The van der Waals surface area contributed by atoms with E-state index in [0.717, 1.165) is 11.1 Å². The van der Waals surface area contributed by atoms with Crippen LogP contribution in [0.15, 0.2) is 73.1 Å². The summed E-state index contributed by atoms with van der Waals surface area (Å²) in [5, 5.41) is 11.2. The van der Waals surface area contributed by atoms with Gasteiger partial charge in [0.2, 0.25) is 11.8 Å². The van der Waals surface area contributed by atoms with Gasteiger partial charge in [0.1, 0.15) is 18.1 Å². The second-order valence-corrected chi connectivity index (χ2v) is 7.81. The average molecular weight is 459 g/mol. The second kappa shape index (κ2) is 10.7. The first-order chi connectivity index (χ1) is 16.6. The van der Waals surface area contributed by atoms with E-state index in [0.29, 0.717) is 29.9 Å². The number of fused-ring (bicyclic) bond motifs is 1. The molecule has 9 heteroatoms. The first-order valence-electron chi connectivity index (χ1n) is 10.9. The monoisotopic (exact) mass is 458 g/mol. The number of ether oxygens (including phenoxy) is 1. The minimum atomic E-state index is -0.913. The number of para-hydroxylation sites is 1. The van der Waals surface area contributed by atoms with Gasteiger partial charge in [-0.3, -0.25) is 19.5 Å². The van der Waals surface area contributed by atoms with Gasteiger partial charge in [-0.15, -0.1) is 5.10 Å². The number of nitrogens with zero attached hydrogens (tertiary/aromatic N) is 5. The van der Waals surface area contributed by atoms with Crippen molar-refractivity contribution in [1.82, 2.24) is 25.3 Å². The van der Waals surface area contributed by atoms with Crippen molar-refractivity contribution < 1.29 is 14.3 Å². The Labute approximate surface area is 197 Å². The van der Waals surface area contributed by atoms with Crippen molar-refractivity contribution in [3.63, 3.8) is 0 Å². The minimum Gasteiger partial charge on any atom is -0.383 e. The first kappa shape index (κ1) is 23.1. The molecule has 0 aliphatic rings. The Morgan fingerprint density at radius 2 is 1.88 bits per heavy atom. The molecule has 1 atom stereocenters. The lowest BCUT2D eigenvalue weighted by Gasteiger charge is -2.31. The number of pyridine rings is 1. The van der Waals surface area contributed by atoms with Crippen LogP contribution in [0.2, 0.25) is 0 Å². The molecule has 174 valence electrons. The Kier molecular flexibility index (Phi) is 7.24. The molecule has 34 heavy (non-hydrogen) atoms. The number of amides is 2. The fourth-order valence-corrected chi connectivity index (χ4v) is 3.71. The van der Waals surface area contributed by atoms with E-state index in [9.17, 15) is 9.59 Å². The molecule has 4 aromatic rings. The lowest BCUT2D eigenvalue weighted by molar-refractivity contribution is -0.127. The van der Waals surface area contributed by atoms with Crippen LogP contribution in [-0.2, 0) is 20.9 Å². The maximum atomic E-state index is 13.8. The molecular formula is C25H26N6O3. The summed E-state index contributed by atoms with van der Waals surface area (Å²) in [6.07, 6.45) is 3.19. The van der Waals surface area contributed by atoms with Gasteiger partial charge in [-0.1, -0.05) is 47.2 Å². The van der Waals surface area contributed by atoms with Crippen LogP contribution in [0.4, 0.5) is 5.69 Å². The highest BCUT2D eigenvalue weighted by molar-refractivity contribution is 6.01. The Bertz CT molecular complexity index is 1260. The van der Waals surface area contributed by atoms with Gasteiger partial charge >= 0.3 is 0 Å². The Balaban J connectivity index is 1.75. The van der Waals surface area contributed by atoms with Crippen molar-refractivity contribution in [1.29, 1.82) is 0 Å². The lowest BCUT2D eigenvalue weighted by Crippen LogP contribution is -2.46. The molecule has 1 N–H and O–H groups in total. The van der Waals surface area contributed by atoms with Gasteiger partial charge in [0.25, 0.3) is 0 Å². The molecular weight excluding hydrogens is 432 g/mol. The summed E-state index contributed by atoms with van der Waals surface area (Å²) in [7, 11) is 1.57. The summed E-state index contributed by atoms with van der Waals surface area (Å²) in [5.74, 6) is -0.641. The quantitative estimate of drug-likeness (QED) is 0.387. The third-order valence-electron chi connectivity index (χ3n) is 5.40. The third kappa shape index (κ3) is 5.10. The van der Waals surface area contributed by atoms with E-state index in [4.69, 9.17) is 4.74 Å². The van der Waals surface area contributed by atoms with Gasteiger partial charge < -0.3 is 10.1 Å². The molecule has 2 amide bonds. The molecule has 0 aliphatic carbocycles. The van der Waals surface area contributed by atoms with Crippen LogP contribution in [0, 0.1) is 6.92 Å². The van der Waals surface area contributed by atoms with Crippen molar-refractivity contribution in [2.24, 2.45) is 0 Å². The topological polar surface area (TPSA) is 102 Å². The van der Waals surface area contributed by atoms with Crippen molar-refractivity contribution in [2.45, 2.75) is 19.5 Å². The number of rotatable bonds is 9. The number of hydrogen-bond acceptors (Lipinski definition) is 6. The fraction of sp³-hybridized carbons (Fsp3) is 0.240. The van der Waals surface area contributed by atoms with E-state index in [-0.39, 0.29) is 18.4 Å². The Hall–Kier alpha value is -4.11. The maximum absolute atomic E-state index is 13.8. The lowest BCUT2D eigenvalue weighted by atomic mass is 10.0. The molecule has 0 spiro atoms. The van der Waals surface area contributed by atoms with E-state index in [1.54, 1.807) is 31.6 Å². The number of carbonyl (C=O) groups excluding carboxylic acids is 2. The molecule has 0 saturated carbocycles. The molecule has 0 aliphatic heterocycles. The van der Waals surface area contributed by atoms with Gasteiger partial charge in [0, 0.05) is 19.9 Å². The number of methoxy groups -OCH3 is 1. The summed E-state index contributed by atoms with van der Waals surface area (Å²) in [6, 6.07) is 17.5. The van der Waals surface area contributed by atoms with Crippen LogP contribution < -0.4 is 10.2 Å². The molecule has 2 aromatic carbocycles. The summed E-state index contributed by atoms with van der Waals surface area (Å²) in [4.78, 5) is 32.8. The molecule has 0 radical (unpaired) electrons. The second-order valence-electron chi connectivity index (χ2n) is 7.81. The average Bonchev–Trinajstić information content (AvgIpc) is 3.26. The van der Waals surface area contributed by atoms with E-state index >= 15 is 0 Å². The molecule has 2 aromatic heterocycles. The zero-order valence-electron chi connectivity index (χ0n) is 19.1. The molecule has 2 heterocycles. The van der Waals surface area contributed by atoms with Gasteiger partial charge in [-0.05, 0) is 36.8 Å². The van der Waals surface area contributed by atoms with Gasteiger partial charge in [0.05, 0.1) is 24.0 Å². The summed E-state index contributed by atoms with van der Waals surface area (Å²) < 4.78 is 6.61. The van der Waals surface area contributed by atoms with E-state index in [1.807, 2.05) is 55.5 Å². The summed E-state index contributed by atoms with van der Waals surface area (Å²) in [6.45, 7) is 2.55. The minimum absolute atomic E-state index is 0.0941. The molecule has 0 fully saturated rings. The Morgan fingerprint density at radius 1 is 1.09 bits per heavy atom. The van der Waals surface area contributed by atoms with Crippen molar-refractivity contribution >= 4 is 28.5 Å². The fourth-order valence-electron chi connectivity index (χ4n) is 3.71.